The van der Waals surface area contributed by atoms with Crippen LogP contribution in [0.2, 0.25) is 5.02 Å². The Kier molecular flexibility index (Phi) is 6.79. The molecule has 29 heavy (non-hydrogen) atoms. The fraction of sp³-hybridized carbons (Fsp3) is 0.350. The summed E-state index contributed by atoms with van der Waals surface area (Å²) in [6, 6.07) is 13.0. The lowest BCUT2D eigenvalue weighted by Crippen LogP contribution is -2.40. The van der Waals surface area contributed by atoms with Gasteiger partial charge in [0.25, 0.3) is 0 Å². The van der Waals surface area contributed by atoms with Crippen molar-refractivity contribution in [2.75, 3.05) is 38.7 Å². The number of nitrogens with one attached hydrogen (secondary N) is 1. The number of halogens is 1. The number of amides is 2. The third-order valence-corrected chi connectivity index (χ3v) is 7.19. The zero-order valence-electron chi connectivity index (χ0n) is 16.3. The Labute approximate surface area is 176 Å². The number of carbonyl (C=O) groups is 1. The van der Waals surface area contributed by atoms with E-state index in [0.29, 0.717) is 37.0 Å². The van der Waals surface area contributed by atoms with Crippen LogP contribution in [0.3, 0.4) is 0 Å². The fourth-order valence-corrected chi connectivity index (χ4v) is 4.83. The van der Waals surface area contributed by atoms with E-state index in [1.54, 1.807) is 25.2 Å². The van der Waals surface area contributed by atoms with E-state index in [0.717, 1.165) is 5.56 Å². The van der Waals surface area contributed by atoms with Crippen LogP contribution in [0, 0.1) is 0 Å². The highest BCUT2D eigenvalue weighted by Gasteiger charge is 2.27. The first-order valence-corrected chi connectivity index (χ1v) is 11.1. The van der Waals surface area contributed by atoms with Crippen LogP contribution in [-0.4, -0.2) is 57.0 Å². The summed E-state index contributed by atoms with van der Waals surface area (Å²) in [4.78, 5) is 14.4. The number of morpholine rings is 1. The molecule has 0 aromatic heterocycles. The van der Waals surface area contributed by atoms with Gasteiger partial charge in [-0.1, -0.05) is 35.9 Å². The number of rotatable bonds is 5. The minimum atomic E-state index is -3.63. The van der Waals surface area contributed by atoms with E-state index in [9.17, 15) is 13.2 Å². The molecule has 1 N–H and O–H groups in total. The van der Waals surface area contributed by atoms with Crippen LogP contribution in [0.5, 0.6) is 0 Å². The molecule has 2 amide bonds. The first-order valence-electron chi connectivity index (χ1n) is 9.27. The van der Waals surface area contributed by atoms with E-state index < -0.39 is 10.0 Å². The number of anilines is 1. The maximum atomic E-state index is 12.8. The van der Waals surface area contributed by atoms with E-state index in [1.165, 1.54) is 21.3 Å². The molecule has 1 atom stereocenters. The normalized spacial score (nSPS) is 16.2. The maximum Gasteiger partial charge on any atom is 0.322 e. The molecule has 1 aliphatic heterocycles. The molecule has 156 valence electrons. The summed E-state index contributed by atoms with van der Waals surface area (Å²) in [7, 11) is -1.97. The average molecular weight is 438 g/mol. The number of benzene rings is 2. The first-order chi connectivity index (χ1) is 13.8. The molecule has 1 saturated heterocycles. The monoisotopic (exact) mass is 437 g/mol. The predicted molar refractivity (Wildman–Crippen MR) is 113 cm³/mol. The smallest absolute Gasteiger partial charge is 0.322 e. The molecule has 2 aromatic rings. The van der Waals surface area contributed by atoms with Gasteiger partial charge in [-0.3, -0.25) is 0 Å². The van der Waals surface area contributed by atoms with Crippen molar-refractivity contribution in [1.82, 2.24) is 9.21 Å². The van der Waals surface area contributed by atoms with Crippen molar-refractivity contribution in [3.63, 3.8) is 0 Å². The number of carbonyl (C=O) groups excluding carboxylic acids is 1. The van der Waals surface area contributed by atoms with E-state index in [2.05, 4.69) is 5.32 Å². The summed E-state index contributed by atoms with van der Waals surface area (Å²) in [5, 5.41) is 3.35. The topological polar surface area (TPSA) is 79.0 Å². The molecule has 1 fully saturated rings. The third-order valence-electron chi connectivity index (χ3n) is 4.95. The SMILES string of the molecule is CC(c1ccccc1Cl)N(C)C(=O)Nc1cccc(S(=O)(=O)N2CCOCC2)c1. The fourth-order valence-electron chi connectivity index (χ4n) is 3.08. The summed E-state index contributed by atoms with van der Waals surface area (Å²) in [6.07, 6.45) is 0. The Hall–Kier alpha value is -2.13. The van der Waals surface area contributed by atoms with Gasteiger partial charge in [0.15, 0.2) is 0 Å². The number of ether oxygens (including phenoxy) is 1. The van der Waals surface area contributed by atoms with E-state index in [-0.39, 0.29) is 17.0 Å². The van der Waals surface area contributed by atoms with Crippen molar-refractivity contribution in [3.8, 4) is 0 Å². The van der Waals surface area contributed by atoms with Crippen LogP contribution < -0.4 is 5.32 Å². The number of hydrogen-bond acceptors (Lipinski definition) is 4. The van der Waals surface area contributed by atoms with Gasteiger partial charge in [0.1, 0.15) is 0 Å². The van der Waals surface area contributed by atoms with Crippen molar-refractivity contribution < 1.29 is 17.9 Å². The highest BCUT2D eigenvalue weighted by atomic mass is 35.5. The molecule has 9 heteroatoms. The van der Waals surface area contributed by atoms with Gasteiger partial charge in [-0.15, -0.1) is 0 Å². The number of sulfonamides is 1. The van der Waals surface area contributed by atoms with Crippen molar-refractivity contribution in [1.29, 1.82) is 0 Å². The van der Waals surface area contributed by atoms with Crippen molar-refractivity contribution in [2.24, 2.45) is 0 Å². The quantitative estimate of drug-likeness (QED) is 0.775. The van der Waals surface area contributed by atoms with Crippen LogP contribution in [0.4, 0.5) is 10.5 Å². The van der Waals surface area contributed by atoms with E-state index in [4.69, 9.17) is 16.3 Å². The molecule has 0 aliphatic carbocycles. The Morgan fingerprint density at radius 2 is 1.86 bits per heavy atom. The summed E-state index contributed by atoms with van der Waals surface area (Å²) < 4.78 is 32.3. The van der Waals surface area contributed by atoms with Crippen LogP contribution in [0.1, 0.15) is 18.5 Å². The van der Waals surface area contributed by atoms with Gasteiger partial charge in [-0.2, -0.15) is 4.31 Å². The minimum Gasteiger partial charge on any atom is -0.379 e. The highest BCUT2D eigenvalue weighted by Crippen LogP contribution is 2.27. The molecular formula is C20H24ClN3O4S. The molecular weight excluding hydrogens is 414 g/mol. The lowest BCUT2D eigenvalue weighted by atomic mass is 10.1. The van der Waals surface area contributed by atoms with Gasteiger partial charge in [0, 0.05) is 30.8 Å². The predicted octanol–water partition coefficient (Wildman–Crippen LogP) is 3.59. The molecule has 0 radical (unpaired) electrons. The van der Waals surface area contributed by atoms with E-state index >= 15 is 0 Å². The molecule has 0 saturated carbocycles. The Morgan fingerprint density at radius 3 is 2.55 bits per heavy atom. The highest BCUT2D eigenvalue weighted by molar-refractivity contribution is 7.89. The number of nitrogens with zero attached hydrogens (tertiary/aromatic N) is 2. The number of hydrogen-bond donors (Lipinski definition) is 1. The van der Waals surface area contributed by atoms with Gasteiger partial charge < -0.3 is 15.0 Å². The van der Waals surface area contributed by atoms with Crippen molar-refractivity contribution in [3.05, 3.63) is 59.1 Å². The zero-order chi connectivity index (χ0) is 21.0. The van der Waals surface area contributed by atoms with Gasteiger partial charge >= 0.3 is 6.03 Å². The second-order valence-electron chi connectivity index (χ2n) is 6.78. The summed E-state index contributed by atoms with van der Waals surface area (Å²) in [5.74, 6) is 0. The van der Waals surface area contributed by atoms with Crippen molar-refractivity contribution in [2.45, 2.75) is 17.9 Å². The van der Waals surface area contributed by atoms with Crippen LogP contribution in [-0.2, 0) is 14.8 Å². The molecule has 1 heterocycles. The summed E-state index contributed by atoms with van der Waals surface area (Å²) in [5.41, 5.74) is 1.23. The summed E-state index contributed by atoms with van der Waals surface area (Å²) >= 11 is 6.23. The standard InChI is InChI=1S/C20H24ClN3O4S/c1-15(18-8-3-4-9-19(18)21)23(2)20(25)22-16-6-5-7-17(14-16)29(26,27)24-10-12-28-13-11-24/h3-9,14-15H,10-13H2,1-2H3,(H,22,25). The Morgan fingerprint density at radius 1 is 1.17 bits per heavy atom. The van der Waals surface area contributed by atoms with Gasteiger partial charge in [-0.05, 0) is 36.8 Å². The molecule has 0 bridgehead atoms. The molecule has 1 unspecified atom stereocenters. The van der Waals surface area contributed by atoms with Crippen LogP contribution in [0.15, 0.2) is 53.4 Å². The van der Waals surface area contributed by atoms with Crippen molar-refractivity contribution >= 4 is 33.3 Å². The Balaban J connectivity index is 1.74. The molecule has 2 aromatic carbocycles. The van der Waals surface area contributed by atoms with Gasteiger partial charge in [0.05, 0.1) is 24.2 Å². The van der Waals surface area contributed by atoms with E-state index in [1.807, 2.05) is 25.1 Å². The summed E-state index contributed by atoms with van der Waals surface area (Å²) in [6.45, 7) is 3.26. The maximum absolute atomic E-state index is 12.8. The largest absolute Gasteiger partial charge is 0.379 e. The van der Waals surface area contributed by atoms with Crippen LogP contribution in [0.25, 0.3) is 0 Å². The lowest BCUT2D eigenvalue weighted by Gasteiger charge is -2.27. The van der Waals surface area contributed by atoms with Gasteiger partial charge in [-0.25, -0.2) is 13.2 Å². The third kappa shape index (κ3) is 4.90. The molecule has 7 nitrogen and oxygen atoms in total. The second kappa shape index (κ2) is 9.13. The molecule has 3 rings (SSSR count). The average Bonchev–Trinajstić information content (AvgIpc) is 2.74. The number of urea groups is 1. The zero-order valence-corrected chi connectivity index (χ0v) is 17.9. The first kappa shape index (κ1) is 21.6. The molecule has 0 spiro atoms. The minimum absolute atomic E-state index is 0.138. The lowest BCUT2D eigenvalue weighted by molar-refractivity contribution is 0.0730. The van der Waals surface area contributed by atoms with Gasteiger partial charge in [0.2, 0.25) is 10.0 Å². The Bertz CT molecular complexity index is 977. The second-order valence-corrected chi connectivity index (χ2v) is 9.13. The molecule has 1 aliphatic rings. The van der Waals surface area contributed by atoms with Crippen LogP contribution >= 0.6 is 11.6 Å².